The Balaban J connectivity index is 1.78. The topological polar surface area (TPSA) is 45.2 Å². The van der Waals surface area contributed by atoms with Crippen LogP contribution < -0.4 is 10.2 Å². The maximum absolute atomic E-state index is 12.7. The molecule has 1 aromatic carbocycles. The van der Waals surface area contributed by atoms with Gasteiger partial charge in [0.2, 0.25) is 0 Å². The molecular formula is C20H24ClN3O. The first kappa shape index (κ1) is 17.7. The molecule has 0 radical (unpaired) electrons. The molecule has 1 aromatic heterocycles. The van der Waals surface area contributed by atoms with Crippen molar-refractivity contribution in [3.8, 4) is 0 Å². The highest BCUT2D eigenvalue weighted by Crippen LogP contribution is 2.28. The Kier molecular flexibility index (Phi) is 5.28. The molecule has 4 nitrogen and oxygen atoms in total. The minimum absolute atomic E-state index is 0.164. The van der Waals surface area contributed by atoms with E-state index in [0.717, 1.165) is 48.8 Å². The first-order valence-electron chi connectivity index (χ1n) is 8.73. The van der Waals surface area contributed by atoms with Crippen LogP contribution in [0.2, 0.25) is 5.02 Å². The Morgan fingerprint density at radius 1 is 1.24 bits per heavy atom. The van der Waals surface area contributed by atoms with Gasteiger partial charge in [-0.3, -0.25) is 4.79 Å². The fraction of sp³-hybridized carbons (Fsp3) is 0.400. The van der Waals surface area contributed by atoms with Crippen LogP contribution >= 0.6 is 11.6 Å². The van der Waals surface area contributed by atoms with E-state index >= 15 is 0 Å². The highest BCUT2D eigenvalue weighted by atomic mass is 35.5. The molecule has 0 saturated carbocycles. The monoisotopic (exact) mass is 357 g/mol. The van der Waals surface area contributed by atoms with E-state index < -0.39 is 0 Å². The fourth-order valence-corrected chi connectivity index (χ4v) is 3.60. The van der Waals surface area contributed by atoms with Crippen LogP contribution in [-0.2, 0) is 0 Å². The minimum atomic E-state index is -0.164. The van der Waals surface area contributed by atoms with Gasteiger partial charge < -0.3 is 10.2 Å². The minimum Gasteiger partial charge on any atom is -0.357 e. The van der Waals surface area contributed by atoms with E-state index in [4.69, 9.17) is 11.6 Å². The quantitative estimate of drug-likeness (QED) is 0.854. The van der Waals surface area contributed by atoms with Crippen LogP contribution in [0.15, 0.2) is 30.5 Å². The lowest BCUT2D eigenvalue weighted by Gasteiger charge is -2.31. The summed E-state index contributed by atoms with van der Waals surface area (Å²) in [6.07, 6.45) is 4.03. The number of carbonyl (C=O) groups excluding carboxylic acids is 1. The summed E-state index contributed by atoms with van der Waals surface area (Å²) in [4.78, 5) is 19.4. The van der Waals surface area contributed by atoms with Crippen LogP contribution in [-0.4, -0.2) is 24.0 Å². The van der Waals surface area contributed by atoms with Crippen LogP contribution in [0, 0.1) is 19.8 Å². The molecule has 1 aliphatic rings. The Labute approximate surface area is 154 Å². The van der Waals surface area contributed by atoms with E-state index in [9.17, 15) is 4.79 Å². The van der Waals surface area contributed by atoms with Crippen molar-refractivity contribution in [1.82, 2.24) is 4.98 Å². The second-order valence-electron chi connectivity index (χ2n) is 6.97. The number of benzene rings is 1. The third kappa shape index (κ3) is 4.13. The number of pyridine rings is 1. The van der Waals surface area contributed by atoms with Gasteiger partial charge in [0.25, 0.3) is 5.91 Å². The summed E-state index contributed by atoms with van der Waals surface area (Å²) in [5.74, 6) is 1.46. The van der Waals surface area contributed by atoms with Crippen LogP contribution in [0.25, 0.3) is 0 Å². The molecule has 0 atom stereocenters. The van der Waals surface area contributed by atoms with Gasteiger partial charge in [0, 0.05) is 24.8 Å². The molecule has 2 aromatic rings. The number of aryl methyl sites for hydroxylation is 2. The summed E-state index contributed by atoms with van der Waals surface area (Å²) < 4.78 is 0. The summed E-state index contributed by atoms with van der Waals surface area (Å²) in [6, 6.07) is 7.47. The number of aromatic nitrogens is 1. The van der Waals surface area contributed by atoms with Gasteiger partial charge in [0.1, 0.15) is 5.82 Å². The van der Waals surface area contributed by atoms with E-state index in [1.807, 2.05) is 32.0 Å². The second kappa shape index (κ2) is 7.44. The zero-order valence-electron chi connectivity index (χ0n) is 15.0. The Morgan fingerprint density at radius 3 is 2.64 bits per heavy atom. The number of amides is 1. The van der Waals surface area contributed by atoms with Gasteiger partial charge in [-0.1, -0.05) is 24.6 Å². The van der Waals surface area contributed by atoms with Gasteiger partial charge in [-0.15, -0.1) is 0 Å². The molecule has 5 heteroatoms. The van der Waals surface area contributed by atoms with E-state index in [1.165, 1.54) is 0 Å². The van der Waals surface area contributed by atoms with Gasteiger partial charge in [0.05, 0.1) is 10.7 Å². The number of hydrogen-bond donors (Lipinski definition) is 1. The molecule has 1 saturated heterocycles. The van der Waals surface area contributed by atoms with Crippen molar-refractivity contribution in [2.45, 2.75) is 33.6 Å². The maximum Gasteiger partial charge on any atom is 0.255 e. The molecule has 1 N–H and O–H groups in total. The van der Waals surface area contributed by atoms with E-state index in [-0.39, 0.29) is 5.91 Å². The zero-order valence-corrected chi connectivity index (χ0v) is 15.7. The normalized spacial score (nSPS) is 15.3. The van der Waals surface area contributed by atoms with Crippen LogP contribution in [0.5, 0.6) is 0 Å². The van der Waals surface area contributed by atoms with Crippen molar-refractivity contribution in [3.05, 3.63) is 52.2 Å². The molecular weight excluding hydrogens is 334 g/mol. The number of halogens is 1. The zero-order chi connectivity index (χ0) is 18.0. The number of anilines is 2. The van der Waals surface area contributed by atoms with Gasteiger partial charge >= 0.3 is 0 Å². The van der Waals surface area contributed by atoms with Crippen molar-refractivity contribution < 1.29 is 4.79 Å². The summed E-state index contributed by atoms with van der Waals surface area (Å²) in [5, 5.41) is 3.50. The van der Waals surface area contributed by atoms with E-state index in [1.54, 1.807) is 12.3 Å². The van der Waals surface area contributed by atoms with Crippen molar-refractivity contribution in [2.24, 2.45) is 5.92 Å². The number of rotatable bonds is 3. The predicted molar refractivity (Wildman–Crippen MR) is 104 cm³/mol. The lowest BCUT2D eigenvalue weighted by atomic mass is 9.99. The molecule has 0 spiro atoms. The lowest BCUT2D eigenvalue weighted by molar-refractivity contribution is 0.102. The third-order valence-corrected chi connectivity index (χ3v) is 5.08. The smallest absolute Gasteiger partial charge is 0.255 e. The van der Waals surface area contributed by atoms with E-state index in [2.05, 4.69) is 22.1 Å². The molecule has 1 fully saturated rings. The van der Waals surface area contributed by atoms with Gasteiger partial charge in [0.15, 0.2) is 0 Å². The number of hydrogen-bond acceptors (Lipinski definition) is 3. The van der Waals surface area contributed by atoms with Crippen molar-refractivity contribution in [1.29, 1.82) is 0 Å². The SMILES string of the molecule is Cc1cc(C)c(NC(=O)c2ccnc(N3CCC(C)CC3)c2)c(Cl)c1. The molecule has 3 rings (SSSR count). The average molecular weight is 358 g/mol. The maximum atomic E-state index is 12.7. The van der Waals surface area contributed by atoms with Crippen LogP contribution in [0.4, 0.5) is 11.5 Å². The molecule has 2 heterocycles. The molecule has 1 amide bonds. The first-order chi connectivity index (χ1) is 11.9. The summed E-state index contributed by atoms with van der Waals surface area (Å²) in [7, 11) is 0. The highest BCUT2D eigenvalue weighted by molar-refractivity contribution is 6.34. The second-order valence-corrected chi connectivity index (χ2v) is 7.37. The predicted octanol–water partition coefficient (Wildman–Crippen LogP) is 4.84. The van der Waals surface area contributed by atoms with Crippen molar-refractivity contribution >= 4 is 29.0 Å². The standard InChI is InChI=1S/C20H24ClN3O/c1-13-5-8-24(9-6-13)18-12-16(4-7-22-18)20(25)23-19-15(3)10-14(2)11-17(19)21/h4,7,10-13H,5-6,8-9H2,1-3H3,(H,23,25). The largest absolute Gasteiger partial charge is 0.357 e. The first-order valence-corrected chi connectivity index (χ1v) is 9.11. The molecule has 0 bridgehead atoms. The molecule has 1 aliphatic heterocycles. The highest BCUT2D eigenvalue weighted by Gasteiger charge is 2.18. The van der Waals surface area contributed by atoms with Gasteiger partial charge in [-0.05, 0) is 61.9 Å². The average Bonchev–Trinajstić information content (AvgIpc) is 2.58. The number of nitrogens with one attached hydrogen (secondary N) is 1. The number of nitrogens with zero attached hydrogens (tertiary/aromatic N) is 2. The fourth-order valence-electron chi connectivity index (χ4n) is 3.23. The molecule has 0 unspecified atom stereocenters. The van der Waals surface area contributed by atoms with Gasteiger partial charge in [-0.25, -0.2) is 4.98 Å². The molecule has 25 heavy (non-hydrogen) atoms. The Morgan fingerprint density at radius 2 is 1.96 bits per heavy atom. The van der Waals surface area contributed by atoms with Gasteiger partial charge in [-0.2, -0.15) is 0 Å². The molecule has 0 aliphatic carbocycles. The molecule has 132 valence electrons. The summed E-state index contributed by atoms with van der Waals surface area (Å²) in [6.45, 7) is 8.19. The Bertz CT molecular complexity index is 759. The Hall–Kier alpha value is -2.07. The third-order valence-electron chi connectivity index (χ3n) is 4.79. The lowest BCUT2D eigenvalue weighted by Crippen LogP contribution is -2.33. The number of carbonyl (C=O) groups is 1. The summed E-state index contributed by atoms with van der Waals surface area (Å²) in [5.41, 5.74) is 3.30. The van der Waals surface area contributed by atoms with Crippen LogP contribution in [0.1, 0.15) is 41.3 Å². The van der Waals surface area contributed by atoms with Crippen molar-refractivity contribution in [3.63, 3.8) is 0 Å². The van der Waals surface area contributed by atoms with E-state index in [0.29, 0.717) is 16.3 Å². The summed E-state index contributed by atoms with van der Waals surface area (Å²) >= 11 is 6.30. The number of piperidine rings is 1. The van der Waals surface area contributed by atoms with Crippen molar-refractivity contribution in [2.75, 3.05) is 23.3 Å². The van der Waals surface area contributed by atoms with Crippen LogP contribution in [0.3, 0.4) is 0 Å².